The van der Waals surface area contributed by atoms with E-state index in [-0.39, 0.29) is 35.6 Å². The Kier molecular flexibility index (Phi) is 5.17. The summed E-state index contributed by atoms with van der Waals surface area (Å²) >= 11 is 0. The molecule has 1 fully saturated rings. The Morgan fingerprint density at radius 3 is 2.50 bits per heavy atom. The molecule has 1 amide bonds. The van der Waals surface area contributed by atoms with E-state index in [4.69, 9.17) is 11.5 Å². The number of nitrogens with one attached hydrogen (secondary N) is 1. The van der Waals surface area contributed by atoms with Crippen LogP contribution in [0.1, 0.15) is 42.9 Å². The Balaban J connectivity index is 1.70. The van der Waals surface area contributed by atoms with Gasteiger partial charge in [0.15, 0.2) is 11.4 Å². The second kappa shape index (κ2) is 7.81. The fourth-order valence-electron chi connectivity index (χ4n) is 5.87. The van der Waals surface area contributed by atoms with Gasteiger partial charge in [-0.2, -0.15) is 0 Å². The number of rotatable bonds is 3. The molecule has 4 atom stereocenters. The van der Waals surface area contributed by atoms with Crippen LogP contribution in [0.3, 0.4) is 0 Å². The molecule has 1 aromatic heterocycles. The quantitative estimate of drug-likeness (QED) is 0.312. The van der Waals surface area contributed by atoms with Crippen LogP contribution in [-0.4, -0.2) is 54.5 Å². The number of Topliss-reactive ketones (excluding diaryl/α,β-unsaturated/α-hetero) is 2. The maximum Gasteiger partial charge on any atom is 0.255 e. The predicted molar refractivity (Wildman–Crippen MR) is 129 cm³/mol. The van der Waals surface area contributed by atoms with Crippen LogP contribution in [0.4, 0.5) is 0 Å². The molecule has 10 heteroatoms. The van der Waals surface area contributed by atoms with Crippen molar-refractivity contribution >= 4 is 23.2 Å². The number of carbonyl (C=O) groups excluding carboxylic acids is 3. The van der Waals surface area contributed by atoms with Gasteiger partial charge in [-0.1, -0.05) is 13.8 Å². The molecule has 0 radical (unpaired) electrons. The number of benzene rings is 1. The van der Waals surface area contributed by atoms with Crippen molar-refractivity contribution in [3.8, 4) is 17.0 Å². The maximum atomic E-state index is 13.6. The van der Waals surface area contributed by atoms with Crippen molar-refractivity contribution in [1.29, 1.82) is 0 Å². The highest BCUT2D eigenvalue weighted by atomic mass is 16.3. The van der Waals surface area contributed by atoms with Gasteiger partial charge in [0.05, 0.1) is 11.6 Å². The van der Waals surface area contributed by atoms with Gasteiger partial charge in [-0.05, 0) is 54.0 Å². The van der Waals surface area contributed by atoms with E-state index in [0.29, 0.717) is 5.56 Å². The third kappa shape index (κ3) is 3.01. The lowest BCUT2D eigenvalue weighted by Crippen LogP contribution is -2.65. The number of phenols is 1. The fourth-order valence-corrected chi connectivity index (χ4v) is 5.87. The Morgan fingerprint density at radius 2 is 1.89 bits per heavy atom. The minimum Gasteiger partial charge on any atom is -0.508 e. The summed E-state index contributed by atoms with van der Waals surface area (Å²) in [4.78, 5) is 41.4. The van der Waals surface area contributed by atoms with E-state index < -0.39 is 58.0 Å². The summed E-state index contributed by atoms with van der Waals surface area (Å²) in [6.45, 7) is 4.11. The maximum absolute atomic E-state index is 13.6. The van der Waals surface area contributed by atoms with Gasteiger partial charge >= 0.3 is 0 Å². The Labute approximate surface area is 205 Å². The molecule has 0 bridgehead atoms. The Bertz CT molecular complexity index is 1420. The first kappa shape index (κ1) is 23.8. The number of aromatic amines is 1. The second-order valence-corrected chi connectivity index (χ2v) is 10.1. The third-order valence-electron chi connectivity index (χ3n) is 7.80. The van der Waals surface area contributed by atoms with Crippen LogP contribution in [0.15, 0.2) is 41.3 Å². The largest absolute Gasteiger partial charge is 0.508 e. The zero-order chi connectivity index (χ0) is 26.3. The van der Waals surface area contributed by atoms with Gasteiger partial charge in [-0.3, -0.25) is 14.4 Å². The molecular formula is C26H27N3O7. The van der Waals surface area contributed by atoms with Crippen LogP contribution in [0.5, 0.6) is 5.75 Å². The molecule has 3 aliphatic rings. The van der Waals surface area contributed by atoms with E-state index in [2.05, 4.69) is 18.8 Å². The van der Waals surface area contributed by atoms with Crippen LogP contribution < -0.4 is 11.5 Å². The Hall–Kier alpha value is -3.89. The van der Waals surface area contributed by atoms with Crippen molar-refractivity contribution in [3.63, 3.8) is 0 Å². The van der Waals surface area contributed by atoms with E-state index in [0.717, 1.165) is 16.8 Å². The van der Waals surface area contributed by atoms with Crippen molar-refractivity contribution in [2.45, 2.75) is 44.2 Å². The molecule has 1 heterocycles. The predicted octanol–water partition coefficient (Wildman–Crippen LogP) is 1.48. The number of ketones is 2. The van der Waals surface area contributed by atoms with E-state index in [1.165, 1.54) is 6.07 Å². The molecule has 9 N–H and O–H groups in total. The van der Waals surface area contributed by atoms with Crippen LogP contribution in [0.25, 0.3) is 17.0 Å². The van der Waals surface area contributed by atoms with Gasteiger partial charge < -0.3 is 36.9 Å². The SMILES string of the molecule is CC(C)c1c[nH]c(-c2ccc(O)c3c2C[C@H]2C[C@H]4[C@@H](N)C(=O)C(C(N)=O)=C(O)[C@@]4(O)C(=O)C2=C3O)c1. The lowest BCUT2D eigenvalue weighted by Gasteiger charge is -2.48. The highest BCUT2D eigenvalue weighted by Gasteiger charge is 2.63. The van der Waals surface area contributed by atoms with Gasteiger partial charge in [0.25, 0.3) is 5.91 Å². The van der Waals surface area contributed by atoms with E-state index in [1.54, 1.807) is 6.07 Å². The zero-order valence-corrected chi connectivity index (χ0v) is 19.7. The normalized spacial score (nSPS) is 27.8. The minimum atomic E-state index is -2.71. The molecule has 5 rings (SSSR count). The molecule has 0 aliphatic heterocycles. The van der Waals surface area contributed by atoms with E-state index in [9.17, 15) is 34.8 Å². The first-order chi connectivity index (χ1) is 16.9. The Morgan fingerprint density at radius 1 is 1.19 bits per heavy atom. The number of hydrogen-bond acceptors (Lipinski definition) is 8. The molecule has 36 heavy (non-hydrogen) atoms. The van der Waals surface area contributed by atoms with Gasteiger partial charge in [-0.25, -0.2) is 0 Å². The lowest BCUT2D eigenvalue weighted by molar-refractivity contribution is -0.149. The van der Waals surface area contributed by atoms with Gasteiger partial charge in [-0.15, -0.1) is 0 Å². The average Bonchev–Trinajstić information content (AvgIpc) is 3.30. The lowest BCUT2D eigenvalue weighted by atomic mass is 9.57. The molecule has 0 spiro atoms. The second-order valence-electron chi connectivity index (χ2n) is 10.1. The number of phenolic OH excluding ortho intramolecular Hbond substituents is 1. The number of hydrogen-bond donors (Lipinski definition) is 7. The summed E-state index contributed by atoms with van der Waals surface area (Å²) in [6.07, 6.45) is 2.04. The third-order valence-corrected chi connectivity index (χ3v) is 7.80. The number of fused-ring (bicyclic) bond motifs is 3. The number of aliphatic hydroxyl groups is 3. The zero-order valence-electron chi connectivity index (χ0n) is 19.7. The molecule has 1 saturated carbocycles. The highest BCUT2D eigenvalue weighted by molar-refractivity contribution is 6.24. The van der Waals surface area contributed by atoms with Gasteiger partial charge in [0, 0.05) is 28.9 Å². The van der Waals surface area contributed by atoms with E-state index >= 15 is 0 Å². The van der Waals surface area contributed by atoms with Crippen LogP contribution in [0, 0.1) is 11.8 Å². The molecule has 3 aliphatic carbocycles. The van der Waals surface area contributed by atoms with Crippen molar-refractivity contribution in [3.05, 3.63) is 58.0 Å². The molecule has 188 valence electrons. The topological polar surface area (TPSA) is 200 Å². The summed E-state index contributed by atoms with van der Waals surface area (Å²) in [5.41, 5.74) is 10.6. The minimum absolute atomic E-state index is 0.0405. The van der Waals surface area contributed by atoms with Gasteiger partial charge in [0.2, 0.25) is 5.78 Å². The highest BCUT2D eigenvalue weighted by Crippen LogP contribution is 2.52. The molecule has 2 aromatic rings. The summed E-state index contributed by atoms with van der Waals surface area (Å²) in [5, 5.41) is 44.0. The van der Waals surface area contributed by atoms with Crippen LogP contribution >= 0.6 is 0 Å². The molecule has 10 nitrogen and oxygen atoms in total. The van der Waals surface area contributed by atoms with Crippen molar-refractivity contribution in [2.24, 2.45) is 23.3 Å². The van der Waals surface area contributed by atoms with Crippen molar-refractivity contribution in [1.82, 2.24) is 4.98 Å². The van der Waals surface area contributed by atoms with Gasteiger partial charge in [0.1, 0.15) is 22.8 Å². The number of amides is 1. The molecule has 0 unspecified atom stereocenters. The first-order valence-electron chi connectivity index (χ1n) is 11.7. The number of aromatic hydroxyl groups is 1. The number of H-pyrrole nitrogens is 1. The summed E-state index contributed by atoms with van der Waals surface area (Å²) in [5.74, 6) is -6.97. The summed E-state index contributed by atoms with van der Waals surface area (Å²) < 4.78 is 0. The van der Waals surface area contributed by atoms with Crippen LogP contribution in [0.2, 0.25) is 0 Å². The molecule has 1 aromatic carbocycles. The number of primary amides is 1. The number of aliphatic hydroxyl groups excluding tert-OH is 2. The smallest absolute Gasteiger partial charge is 0.255 e. The monoisotopic (exact) mass is 493 g/mol. The molecule has 0 saturated heterocycles. The van der Waals surface area contributed by atoms with Crippen LogP contribution in [-0.2, 0) is 20.8 Å². The number of nitrogens with two attached hydrogens (primary N) is 2. The summed E-state index contributed by atoms with van der Waals surface area (Å²) in [7, 11) is 0. The number of aromatic nitrogens is 1. The standard InChI is InChI=1S/C26H27N3O7/c1-9(2)11-7-15(29-8-11)12-3-4-16(30)18-13(12)5-10-6-14-20(27)22(32)19(25(28)35)24(34)26(14,36)23(33)17(10)21(18)31/h3-4,7-10,14,20,29-31,34,36H,5-6,27H2,1-2H3,(H2,28,35)/t10-,14-,20+,26-/m0/s1. The van der Waals surface area contributed by atoms with Crippen molar-refractivity contribution < 1.29 is 34.8 Å². The van der Waals surface area contributed by atoms with Crippen molar-refractivity contribution in [2.75, 3.05) is 0 Å². The fraction of sp³-hybridized carbons (Fsp3) is 0.346. The number of carbonyl (C=O) groups is 3. The first-order valence-corrected chi connectivity index (χ1v) is 11.7. The molecular weight excluding hydrogens is 466 g/mol. The van der Waals surface area contributed by atoms with E-state index in [1.807, 2.05) is 12.3 Å². The average molecular weight is 494 g/mol. The summed E-state index contributed by atoms with van der Waals surface area (Å²) in [6, 6.07) is 3.63.